The zero-order valence-corrected chi connectivity index (χ0v) is 15.6. The molecule has 24 heavy (non-hydrogen) atoms. The van der Waals surface area contributed by atoms with Crippen molar-refractivity contribution in [1.82, 2.24) is 14.5 Å². The highest BCUT2D eigenvalue weighted by Gasteiger charge is 2.35. The van der Waals surface area contributed by atoms with E-state index in [1.165, 1.54) is 39.8 Å². The smallest absolute Gasteiger partial charge is 0.161 e. The Hall–Kier alpha value is -1.68. The van der Waals surface area contributed by atoms with Gasteiger partial charge in [-0.25, -0.2) is 9.97 Å². The van der Waals surface area contributed by atoms with Gasteiger partial charge in [0.05, 0.1) is 6.04 Å². The number of halogens is 1. The summed E-state index contributed by atoms with van der Waals surface area (Å²) in [6.45, 7) is 4.24. The molecule has 0 aliphatic heterocycles. The number of imidazole rings is 1. The van der Waals surface area contributed by atoms with Crippen LogP contribution < -0.4 is 0 Å². The fraction of sp³-hybridized carbons (Fsp3) is 0.400. The van der Waals surface area contributed by atoms with Gasteiger partial charge < -0.3 is 4.57 Å². The molecule has 0 bridgehead atoms. The molecule has 4 heteroatoms. The van der Waals surface area contributed by atoms with E-state index in [-0.39, 0.29) is 0 Å². The van der Waals surface area contributed by atoms with Crippen molar-refractivity contribution in [2.75, 3.05) is 0 Å². The molecule has 1 saturated carbocycles. The van der Waals surface area contributed by atoms with Crippen LogP contribution in [0.3, 0.4) is 0 Å². The summed E-state index contributed by atoms with van der Waals surface area (Å²) in [6, 6.07) is 9.24. The molecule has 2 aliphatic rings. The van der Waals surface area contributed by atoms with Crippen LogP contribution in [0.2, 0.25) is 0 Å². The van der Waals surface area contributed by atoms with Crippen LogP contribution in [-0.4, -0.2) is 14.5 Å². The molecule has 1 fully saturated rings. The molecule has 0 radical (unpaired) electrons. The van der Waals surface area contributed by atoms with Crippen molar-refractivity contribution in [3.8, 4) is 0 Å². The summed E-state index contributed by atoms with van der Waals surface area (Å²) in [5, 5.41) is 0. The number of pyridine rings is 1. The molecule has 0 N–H and O–H groups in total. The van der Waals surface area contributed by atoms with Crippen LogP contribution in [0.5, 0.6) is 0 Å². The Labute approximate surface area is 150 Å². The predicted octanol–water partition coefficient (Wildman–Crippen LogP) is 5.22. The number of aryl methyl sites for hydroxylation is 3. The fourth-order valence-electron chi connectivity index (χ4n) is 4.16. The fourth-order valence-corrected chi connectivity index (χ4v) is 4.57. The predicted molar refractivity (Wildman–Crippen MR) is 99.6 cm³/mol. The SMILES string of the molecule is Cc1cc(C)c2nc(C3CC3)n([C@H]3CCc4cc(Br)ccc43)c2n1. The molecular formula is C20H20BrN3. The molecule has 2 aromatic heterocycles. The standard InChI is InChI=1S/C20H20BrN3/c1-11-9-12(2)22-20-18(11)23-19(13-3-4-13)24(20)17-8-5-14-10-15(21)6-7-16(14)17/h6-7,9-10,13,17H,3-5,8H2,1-2H3/t17-/m0/s1. The van der Waals surface area contributed by atoms with Gasteiger partial charge in [-0.3, -0.25) is 0 Å². The van der Waals surface area contributed by atoms with Crippen LogP contribution >= 0.6 is 15.9 Å². The molecule has 1 atom stereocenters. The van der Waals surface area contributed by atoms with Gasteiger partial charge in [-0.1, -0.05) is 22.0 Å². The van der Waals surface area contributed by atoms with E-state index in [0.29, 0.717) is 12.0 Å². The number of rotatable bonds is 2. The Kier molecular flexibility index (Phi) is 3.15. The maximum atomic E-state index is 5.04. The second-order valence-corrected chi connectivity index (χ2v) is 8.18. The molecule has 5 rings (SSSR count). The number of hydrogen-bond donors (Lipinski definition) is 0. The Morgan fingerprint density at radius 3 is 2.71 bits per heavy atom. The van der Waals surface area contributed by atoms with E-state index in [2.05, 4.69) is 58.6 Å². The Morgan fingerprint density at radius 2 is 1.92 bits per heavy atom. The maximum Gasteiger partial charge on any atom is 0.161 e. The van der Waals surface area contributed by atoms with Crippen LogP contribution in [-0.2, 0) is 6.42 Å². The summed E-state index contributed by atoms with van der Waals surface area (Å²) in [7, 11) is 0. The molecule has 0 saturated heterocycles. The number of fused-ring (bicyclic) bond motifs is 2. The van der Waals surface area contributed by atoms with Gasteiger partial charge in [0.15, 0.2) is 5.65 Å². The quantitative estimate of drug-likeness (QED) is 0.608. The monoisotopic (exact) mass is 381 g/mol. The average Bonchev–Trinajstić information content (AvgIpc) is 3.20. The Morgan fingerprint density at radius 1 is 1.08 bits per heavy atom. The van der Waals surface area contributed by atoms with Gasteiger partial charge in [0, 0.05) is 16.1 Å². The summed E-state index contributed by atoms with van der Waals surface area (Å²) in [5.74, 6) is 1.88. The summed E-state index contributed by atoms with van der Waals surface area (Å²) >= 11 is 3.61. The van der Waals surface area contributed by atoms with E-state index in [1.54, 1.807) is 0 Å². The average molecular weight is 382 g/mol. The van der Waals surface area contributed by atoms with Gasteiger partial charge in [0.25, 0.3) is 0 Å². The largest absolute Gasteiger partial charge is 0.305 e. The second-order valence-electron chi connectivity index (χ2n) is 7.26. The first-order valence-corrected chi connectivity index (χ1v) is 9.55. The van der Waals surface area contributed by atoms with Gasteiger partial charge in [-0.15, -0.1) is 0 Å². The molecule has 0 amide bonds. The third kappa shape index (κ3) is 2.16. The van der Waals surface area contributed by atoms with Crippen LogP contribution in [0.25, 0.3) is 11.2 Å². The van der Waals surface area contributed by atoms with Crippen molar-refractivity contribution < 1.29 is 0 Å². The van der Waals surface area contributed by atoms with Gasteiger partial charge in [0.2, 0.25) is 0 Å². The van der Waals surface area contributed by atoms with E-state index in [1.807, 2.05) is 0 Å². The number of hydrogen-bond acceptors (Lipinski definition) is 2. The lowest BCUT2D eigenvalue weighted by atomic mass is 10.1. The van der Waals surface area contributed by atoms with Gasteiger partial charge in [0.1, 0.15) is 11.3 Å². The van der Waals surface area contributed by atoms with Crippen LogP contribution in [0.4, 0.5) is 0 Å². The summed E-state index contributed by atoms with van der Waals surface area (Å²) in [6.07, 6.45) is 4.81. The Bertz CT molecular complexity index is 969. The second kappa shape index (κ2) is 5.16. The van der Waals surface area contributed by atoms with Crippen LogP contribution in [0, 0.1) is 13.8 Å². The molecule has 122 valence electrons. The Balaban J connectivity index is 1.77. The number of benzene rings is 1. The van der Waals surface area contributed by atoms with E-state index in [4.69, 9.17) is 9.97 Å². The number of nitrogens with zero attached hydrogens (tertiary/aromatic N) is 3. The first-order chi connectivity index (χ1) is 11.6. The summed E-state index contributed by atoms with van der Waals surface area (Å²) < 4.78 is 3.64. The molecule has 1 aromatic carbocycles. The third-order valence-corrected chi connectivity index (χ3v) is 5.89. The lowest BCUT2D eigenvalue weighted by molar-refractivity contribution is 0.564. The van der Waals surface area contributed by atoms with Crippen LogP contribution in [0.15, 0.2) is 28.7 Å². The van der Waals surface area contributed by atoms with Crippen molar-refractivity contribution in [1.29, 1.82) is 0 Å². The first kappa shape index (κ1) is 14.6. The minimum atomic E-state index is 0.377. The summed E-state index contributed by atoms with van der Waals surface area (Å²) in [4.78, 5) is 9.94. The van der Waals surface area contributed by atoms with E-state index in [0.717, 1.165) is 29.7 Å². The van der Waals surface area contributed by atoms with E-state index < -0.39 is 0 Å². The minimum absolute atomic E-state index is 0.377. The lowest BCUT2D eigenvalue weighted by Gasteiger charge is -2.18. The minimum Gasteiger partial charge on any atom is -0.305 e. The molecule has 2 aliphatic carbocycles. The molecular weight excluding hydrogens is 362 g/mol. The highest BCUT2D eigenvalue weighted by molar-refractivity contribution is 9.10. The zero-order chi connectivity index (χ0) is 16.4. The van der Waals surface area contributed by atoms with Gasteiger partial charge in [-0.2, -0.15) is 0 Å². The van der Waals surface area contributed by atoms with Gasteiger partial charge in [-0.05, 0) is 74.4 Å². The molecule has 2 heterocycles. The maximum absolute atomic E-state index is 5.04. The molecule has 0 unspecified atom stereocenters. The van der Waals surface area contributed by atoms with Gasteiger partial charge >= 0.3 is 0 Å². The van der Waals surface area contributed by atoms with E-state index in [9.17, 15) is 0 Å². The third-order valence-electron chi connectivity index (χ3n) is 5.40. The lowest BCUT2D eigenvalue weighted by Crippen LogP contribution is -2.11. The van der Waals surface area contributed by atoms with Crippen molar-refractivity contribution in [2.24, 2.45) is 0 Å². The van der Waals surface area contributed by atoms with Crippen molar-refractivity contribution >= 4 is 27.1 Å². The normalized spacial score (nSPS) is 19.9. The topological polar surface area (TPSA) is 30.7 Å². The first-order valence-electron chi connectivity index (χ1n) is 8.76. The highest BCUT2D eigenvalue weighted by Crippen LogP contribution is 2.45. The van der Waals surface area contributed by atoms with E-state index >= 15 is 0 Å². The highest BCUT2D eigenvalue weighted by atomic mass is 79.9. The molecule has 3 nitrogen and oxygen atoms in total. The van der Waals surface area contributed by atoms with Crippen LogP contribution in [0.1, 0.15) is 59.4 Å². The molecule has 3 aromatic rings. The number of aromatic nitrogens is 3. The van der Waals surface area contributed by atoms with Crippen molar-refractivity contribution in [3.63, 3.8) is 0 Å². The van der Waals surface area contributed by atoms with Crippen molar-refractivity contribution in [2.45, 2.75) is 51.5 Å². The summed E-state index contributed by atoms with van der Waals surface area (Å²) in [5.41, 5.74) is 7.40. The zero-order valence-electron chi connectivity index (χ0n) is 14.0. The molecule has 0 spiro atoms. The van der Waals surface area contributed by atoms with Crippen molar-refractivity contribution in [3.05, 3.63) is 56.9 Å².